The third kappa shape index (κ3) is 3.63. The van der Waals surface area contributed by atoms with Gasteiger partial charge in [0, 0.05) is 10.9 Å². The second-order valence-electron chi connectivity index (χ2n) is 5.16. The van der Waals surface area contributed by atoms with Crippen molar-refractivity contribution in [3.8, 4) is 22.1 Å². The summed E-state index contributed by atoms with van der Waals surface area (Å²) in [6.45, 7) is 0. The van der Waals surface area contributed by atoms with Crippen LogP contribution in [0, 0.1) is 5.82 Å². The second-order valence-corrected chi connectivity index (χ2v) is 6.43. The highest BCUT2D eigenvalue weighted by atomic mass is 35.5. The first-order valence-corrected chi connectivity index (χ1v) is 8.72. The highest BCUT2D eigenvalue weighted by molar-refractivity contribution is 7.13. The number of hydrogen-bond acceptors (Lipinski definition) is 5. The van der Waals surface area contributed by atoms with Gasteiger partial charge in [-0.05, 0) is 30.3 Å². The summed E-state index contributed by atoms with van der Waals surface area (Å²) in [5.74, 6) is -0.0404. The molecule has 0 fully saturated rings. The lowest BCUT2D eigenvalue weighted by atomic mass is 10.2. The second kappa shape index (κ2) is 7.72. The van der Waals surface area contributed by atoms with Crippen LogP contribution in [0.3, 0.4) is 0 Å². The molecule has 8 heteroatoms. The fourth-order valence-corrected chi connectivity index (χ4v) is 3.24. The smallest absolute Gasteiger partial charge is 0.275 e. The molecule has 2 aromatic carbocycles. The molecule has 26 heavy (non-hydrogen) atoms. The van der Waals surface area contributed by atoms with E-state index in [4.69, 9.17) is 21.1 Å². The zero-order chi connectivity index (χ0) is 18.7. The van der Waals surface area contributed by atoms with E-state index in [0.717, 1.165) is 5.56 Å². The van der Waals surface area contributed by atoms with E-state index in [1.165, 1.54) is 23.5 Å². The molecule has 134 valence electrons. The molecular formula is C18H14ClFN2O3S. The molecule has 0 spiro atoms. The van der Waals surface area contributed by atoms with Crippen LogP contribution in [0.15, 0.2) is 41.8 Å². The van der Waals surface area contributed by atoms with Crippen LogP contribution in [0.5, 0.6) is 11.5 Å². The van der Waals surface area contributed by atoms with E-state index < -0.39 is 11.7 Å². The number of ether oxygens (including phenoxy) is 2. The predicted octanol–water partition coefficient (Wildman–Crippen LogP) is 4.87. The number of nitrogens with zero attached hydrogens (tertiary/aromatic N) is 1. The molecule has 0 aliphatic carbocycles. The van der Waals surface area contributed by atoms with E-state index in [9.17, 15) is 9.18 Å². The molecule has 0 bridgehead atoms. The molecule has 3 rings (SSSR count). The Balaban J connectivity index is 1.83. The number of anilines is 1. The summed E-state index contributed by atoms with van der Waals surface area (Å²) in [6, 6.07) is 9.74. The van der Waals surface area contributed by atoms with Gasteiger partial charge in [-0.3, -0.25) is 4.79 Å². The van der Waals surface area contributed by atoms with Crippen molar-refractivity contribution in [3.63, 3.8) is 0 Å². The maximum Gasteiger partial charge on any atom is 0.275 e. The fraction of sp³-hybridized carbons (Fsp3) is 0.111. The van der Waals surface area contributed by atoms with E-state index in [1.807, 2.05) is 6.07 Å². The first-order valence-electron chi connectivity index (χ1n) is 7.46. The van der Waals surface area contributed by atoms with Gasteiger partial charge in [-0.1, -0.05) is 17.7 Å². The van der Waals surface area contributed by atoms with Crippen LogP contribution in [0.25, 0.3) is 10.6 Å². The molecule has 0 radical (unpaired) electrons. The number of aromatic nitrogens is 1. The Morgan fingerprint density at radius 2 is 1.96 bits per heavy atom. The zero-order valence-corrected chi connectivity index (χ0v) is 15.5. The largest absolute Gasteiger partial charge is 0.493 e. The van der Waals surface area contributed by atoms with Crippen molar-refractivity contribution < 1.29 is 18.7 Å². The van der Waals surface area contributed by atoms with Gasteiger partial charge in [-0.2, -0.15) is 0 Å². The summed E-state index contributed by atoms with van der Waals surface area (Å²) in [6.07, 6.45) is 0. The molecule has 3 aromatic rings. The van der Waals surface area contributed by atoms with Crippen molar-refractivity contribution in [1.29, 1.82) is 0 Å². The van der Waals surface area contributed by atoms with Crippen molar-refractivity contribution in [2.24, 2.45) is 0 Å². The average Bonchev–Trinajstić information content (AvgIpc) is 3.15. The fourth-order valence-electron chi connectivity index (χ4n) is 2.27. The number of benzene rings is 2. The standard InChI is InChI=1S/C18H14ClFN2O3S/c1-24-14-7-6-10(8-15(14)25-2)18-22-13(9-26-18)17(23)21-12-5-3-4-11(19)16(12)20/h3-9H,1-2H3,(H,21,23). The SMILES string of the molecule is COc1ccc(-c2nc(C(=O)Nc3cccc(Cl)c3F)cs2)cc1OC. The van der Waals surface area contributed by atoms with Gasteiger partial charge in [0.2, 0.25) is 0 Å². The van der Waals surface area contributed by atoms with Crippen molar-refractivity contribution in [3.05, 3.63) is 58.3 Å². The highest BCUT2D eigenvalue weighted by Gasteiger charge is 2.16. The number of methoxy groups -OCH3 is 2. The minimum absolute atomic E-state index is 0.00293. The number of nitrogens with one attached hydrogen (secondary N) is 1. The van der Waals surface area contributed by atoms with E-state index in [1.54, 1.807) is 37.8 Å². The summed E-state index contributed by atoms with van der Waals surface area (Å²) in [7, 11) is 3.10. The number of rotatable bonds is 5. The lowest BCUT2D eigenvalue weighted by molar-refractivity contribution is 0.102. The van der Waals surface area contributed by atoms with E-state index in [0.29, 0.717) is 16.5 Å². The summed E-state index contributed by atoms with van der Waals surface area (Å²) in [5, 5.41) is 4.64. The lowest BCUT2D eigenvalue weighted by Gasteiger charge is -2.08. The normalized spacial score (nSPS) is 10.5. The van der Waals surface area contributed by atoms with E-state index in [2.05, 4.69) is 10.3 Å². The maximum atomic E-state index is 13.9. The highest BCUT2D eigenvalue weighted by Crippen LogP contribution is 2.33. The van der Waals surface area contributed by atoms with Crippen LogP contribution in [-0.4, -0.2) is 25.1 Å². The molecule has 1 amide bonds. The Kier molecular flexibility index (Phi) is 5.39. The van der Waals surface area contributed by atoms with Crippen molar-refractivity contribution in [1.82, 2.24) is 4.98 Å². The monoisotopic (exact) mass is 392 g/mol. The number of thiazole rings is 1. The Morgan fingerprint density at radius 1 is 1.19 bits per heavy atom. The van der Waals surface area contributed by atoms with Crippen LogP contribution in [0.4, 0.5) is 10.1 Å². The summed E-state index contributed by atoms with van der Waals surface area (Å²) in [5.41, 5.74) is 0.961. The molecule has 1 heterocycles. The lowest BCUT2D eigenvalue weighted by Crippen LogP contribution is -2.13. The van der Waals surface area contributed by atoms with Gasteiger partial charge in [0.25, 0.3) is 5.91 Å². The Hall–Kier alpha value is -2.64. The first kappa shape index (κ1) is 18.2. The summed E-state index contributed by atoms with van der Waals surface area (Å²) >= 11 is 7.01. The van der Waals surface area contributed by atoms with Gasteiger partial charge in [0.05, 0.1) is 24.9 Å². The van der Waals surface area contributed by atoms with Crippen LogP contribution in [0.1, 0.15) is 10.5 Å². The number of amides is 1. The minimum atomic E-state index is -0.683. The Morgan fingerprint density at radius 3 is 2.69 bits per heavy atom. The van der Waals surface area contributed by atoms with Gasteiger partial charge in [0.1, 0.15) is 10.7 Å². The molecule has 0 saturated carbocycles. The number of carbonyl (C=O) groups is 1. The van der Waals surface area contributed by atoms with E-state index >= 15 is 0 Å². The quantitative estimate of drug-likeness (QED) is 0.672. The first-order chi connectivity index (χ1) is 12.5. The Bertz CT molecular complexity index is 961. The van der Waals surface area contributed by atoms with Gasteiger partial charge < -0.3 is 14.8 Å². The van der Waals surface area contributed by atoms with Crippen molar-refractivity contribution in [2.75, 3.05) is 19.5 Å². The molecule has 0 atom stereocenters. The average molecular weight is 393 g/mol. The zero-order valence-electron chi connectivity index (χ0n) is 13.9. The summed E-state index contributed by atoms with van der Waals surface area (Å²) in [4.78, 5) is 16.6. The molecule has 0 saturated heterocycles. The van der Waals surface area contributed by atoms with Crippen LogP contribution < -0.4 is 14.8 Å². The Labute approximate surface area is 158 Å². The van der Waals surface area contributed by atoms with Gasteiger partial charge in [0.15, 0.2) is 17.3 Å². The predicted molar refractivity (Wildman–Crippen MR) is 100 cm³/mol. The van der Waals surface area contributed by atoms with Crippen LogP contribution in [-0.2, 0) is 0 Å². The minimum Gasteiger partial charge on any atom is -0.493 e. The van der Waals surface area contributed by atoms with E-state index in [-0.39, 0.29) is 16.4 Å². The molecule has 5 nitrogen and oxygen atoms in total. The topological polar surface area (TPSA) is 60.5 Å². The van der Waals surface area contributed by atoms with Crippen molar-refractivity contribution in [2.45, 2.75) is 0 Å². The molecule has 0 aliphatic rings. The van der Waals surface area contributed by atoms with Crippen molar-refractivity contribution >= 4 is 34.5 Å². The molecular weight excluding hydrogens is 379 g/mol. The van der Waals surface area contributed by atoms with Gasteiger partial charge in [-0.25, -0.2) is 9.37 Å². The summed E-state index contributed by atoms with van der Waals surface area (Å²) < 4.78 is 24.4. The number of halogens is 2. The molecule has 1 N–H and O–H groups in total. The van der Waals surface area contributed by atoms with Crippen LogP contribution >= 0.6 is 22.9 Å². The third-order valence-corrected chi connectivity index (χ3v) is 4.75. The molecule has 0 unspecified atom stereocenters. The third-order valence-electron chi connectivity index (χ3n) is 3.57. The van der Waals surface area contributed by atoms with Gasteiger partial charge >= 0.3 is 0 Å². The maximum absolute atomic E-state index is 13.9. The van der Waals surface area contributed by atoms with Crippen LogP contribution in [0.2, 0.25) is 5.02 Å². The molecule has 0 aliphatic heterocycles. The van der Waals surface area contributed by atoms with Gasteiger partial charge in [-0.15, -0.1) is 11.3 Å². The number of hydrogen-bond donors (Lipinski definition) is 1. The number of carbonyl (C=O) groups excluding carboxylic acids is 1. The molecule has 1 aromatic heterocycles.